The Morgan fingerprint density at radius 1 is 1.07 bits per heavy atom. The molecule has 0 bridgehead atoms. The van der Waals surface area contributed by atoms with Crippen molar-refractivity contribution in [3.63, 3.8) is 0 Å². The first-order chi connectivity index (χ1) is 13.3. The average molecular weight is 411 g/mol. The van der Waals surface area contributed by atoms with Crippen molar-refractivity contribution in [1.29, 1.82) is 5.26 Å². The summed E-state index contributed by atoms with van der Waals surface area (Å²) < 4.78 is 27.0. The number of hydrogen-bond donors (Lipinski definition) is 0. The number of rotatable bonds is 5. The molecule has 0 fully saturated rings. The Hall–Kier alpha value is -3.14. The second-order valence-electron chi connectivity index (χ2n) is 6.04. The Labute approximate surface area is 168 Å². The van der Waals surface area contributed by atoms with E-state index in [4.69, 9.17) is 11.6 Å². The molecule has 0 atom stereocenters. The standard InChI is InChI=1S/C21H15ClN2O3S/c1-24-14-16(21(25)15-7-9-17(22)10-8-15)11-18(24)12-20(13-23)28(26,27)19-5-3-2-4-6-19/h2-12,14H,1H3/b20-12-. The number of aryl methyl sites for hydroxylation is 1. The highest BCUT2D eigenvalue weighted by molar-refractivity contribution is 7.95. The second kappa shape index (κ2) is 7.85. The van der Waals surface area contributed by atoms with E-state index in [2.05, 4.69) is 0 Å². The van der Waals surface area contributed by atoms with Crippen LogP contribution in [0.5, 0.6) is 0 Å². The molecular formula is C21H15ClN2O3S. The lowest BCUT2D eigenvalue weighted by atomic mass is 10.1. The van der Waals surface area contributed by atoms with Crippen molar-refractivity contribution in [3.8, 4) is 6.07 Å². The zero-order valence-corrected chi connectivity index (χ0v) is 16.4. The number of nitriles is 1. The highest BCUT2D eigenvalue weighted by Gasteiger charge is 2.21. The molecule has 140 valence electrons. The van der Waals surface area contributed by atoms with Gasteiger partial charge in [-0.3, -0.25) is 4.79 Å². The molecule has 28 heavy (non-hydrogen) atoms. The van der Waals surface area contributed by atoms with Crippen LogP contribution in [0.3, 0.4) is 0 Å². The fraction of sp³-hybridized carbons (Fsp3) is 0.0476. The minimum Gasteiger partial charge on any atom is -0.350 e. The van der Waals surface area contributed by atoms with Crippen LogP contribution in [0, 0.1) is 11.3 Å². The molecule has 1 heterocycles. The minimum absolute atomic E-state index is 0.0365. The normalized spacial score (nSPS) is 11.8. The number of benzene rings is 2. The van der Waals surface area contributed by atoms with Gasteiger partial charge in [0.05, 0.1) is 4.90 Å². The topological polar surface area (TPSA) is 79.9 Å². The smallest absolute Gasteiger partial charge is 0.216 e. The molecule has 0 aliphatic rings. The molecule has 0 aliphatic carbocycles. The van der Waals surface area contributed by atoms with Gasteiger partial charge in [-0.05, 0) is 48.5 Å². The molecule has 3 rings (SSSR count). The molecule has 1 aromatic heterocycles. The lowest BCUT2D eigenvalue weighted by Gasteiger charge is -2.03. The highest BCUT2D eigenvalue weighted by atomic mass is 35.5. The predicted octanol–water partition coefficient (Wildman–Crippen LogP) is 4.25. The van der Waals surface area contributed by atoms with E-state index < -0.39 is 14.7 Å². The van der Waals surface area contributed by atoms with Gasteiger partial charge in [0.25, 0.3) is 0 Å². The first kappa shape index (κ1) is 19.6. The average Bonchev–Trinajstić information content (AvgIpc) is 3.07. The zero-order chi connectivity index (χ0) is 20.3. The minimum atomic E-state index is -3.95. The summed E-state index contributed by atoms with van der Waals surface area (Å²) in [6.07, 6.45) is 2.86. The number of carbonyl (C=O) groups is 1. The van der Waals surface area contributed by atoms with E-state index in [1.165, 1.54) is 18.2 Å². The summed E-state index contributed by atoms with van der Waals surface area (Å²) in [6.45, 7) is 0. The molecule has 0 saturated heterocycles. The fourth-order valence-electron chi connectivity index (χ4n) is 2.65. The van der Waals surface area contributed by atoms with Crippen molar-refractivity contribution < 1.29 is 13.2 Å². The van der Waals surface area contributed by atoms with Crippen LogP contribution in [-0.2, 0) is 16.9 Å². The van der Waals surface area contributed by atoms with Crippen molar-refractivity contribution in [2.45, 2.75) is 4.90 Å². The molecule has 0 radical (unpaired) electrons. The fourth-order valence-corrected chi connectivity index (χ4v) is 3.94. The summed E-state index contributed by atoms with van der Waals surface area (Å²) in [7, 11) is -2.27. The summed E-state index contributed by atoms with van der Waals surface area (Å²) >= 11 is 5.85. The van der Waals surface area contributed by atoms with Crippen LogP contribution in [0.25, 0.3) is 6.08 Å². The van der Waals surface area contributed by atoms with Crippen LogP contribution in [0.2, 0.25) is 5.02 Å². The summed E-state index contributed by atoms with van der Waals surface area (Å²) in [4.78, 5) is 12.3. The van der Waals surface area contributed by atoms with Crippen molar-refractivity contribution in [2.24, 2.45) is 7.05 Å². The summed E-state index contributed by atoms with van der Waals surface area (Å²) in [5.74, 6) is -0.226. The van der Waals surface area contributed by atoms with Crippen LogP contribution in [0.4, 0.5) is 0 Å². The van der Waals surface area contributed by atoms with Gasteiger partial charge in [-0.2, -0.15) is 5.26 Å². The number of hydrogen-bond acceptors (Lipinski definition) is 4. The van der Waals surface area contributed by atoms with Crippen molar-refractivity contribution in [2.75, 3.05) is 0 Å². The zero-order valence-electron chi connectivity index (χ0n) is 14.8. The van der Waals surface area contributed by atoms with E-state index in [-0.39, 0.29) is 10.7 Å². The van der Waals surface area contributed by atoms with E-state index in [0.717, 1.165) is 0 Å². The van der Waals surface area contributed by atoms with E-state index in [1.54, 1.807) is 72.4 Å². The highest BCUT2D eigenvalue weighted by Crippen LogP contribution is 2.22. The van der Waals surface area contributed by atoms with Crippen LogP contribution < -0.4 is 0 Å². The van der Waals surface area contributed by atoms with Crippen molar-refractivity contribution >= 4 is 33.3 Å². The Morgan fingerprint density at radius 3 is 2.32 bits per heavy atom. The SMILES string of the molecule is Cn1cc(C(=O)c2ccc(Cl)cc2)cc1/C=C(/C#N)S(=O)(=O)c1ccccc1. The number of aromatic nitrogens is 1. The first-order valence-electron chi connectivity index (χ1n) is 8.21. The van der Waals surface area contributed by atoms with Gasteiger partial charge in [-0.25, -0.2) is 8.42 Å². The van der Waals surface area contributed by atoms with Gasteiger partial charge >= 0.3 is 0 Å². The monoisotopic (exact) mass is 410 g/mol. The second-order valence-corrected chi connectivity index (χ2v) is 8.39. The van der Waals surface area contributed by atoms with Crippen LogP contribution in [0.1, 0.15) is 21.6 Å². The number of carbonyl (C=O) groups excluding carboxylic acids is 1. The number of nitrogens with zero attached hydrogens (tertiary/aromatic N) is 2. The molecule has 5 nitrogen and oxygen atoms in total. The third-order valence-corrected chi connectivity index (χ3v) is 6.08. The van der Waals surface area contributed by atoms with E-state index in [9.17, 15) is 18.5 Å². The van der Waals surface area contributed by atoms with Gasteiger partial charge in [0.15, 0.2) is 10.7 Å². The Bertz CT molecular complexity index is 1200. The van der Waals surface area contributed by atoms with Gasteiger partial charge in [0.2, 0.25) is 9.84 Å². The van der Waals surface area contributed by atoms with Crippen LogP contribution >= 0.6 is 11.6 Å². The molecule has 0 unspecified atom stereocenters. The molecule has 7 heteroatoms. The molecule has 0 aliphatic heterocycles. The summed E-state index contributed by atoms with van der Waals surface area (Å²) in [6, 6.07) is 17.5. The lowest BCUT2D eigenvalue weighted by molar-refractivity contribution is 0.103. The predicted molar refractivity (Wildman–Crippen MR) is 108 cm³/mol. The third-order valence-electron chi connectivity index (χ3n) is 4.14. The Balaban J connectivity index is 1.99. The van der Waals surface area contributed by atoms with Crippen molar-refractivity contribution in [3.05, 3.63) is 93.6 Å². The van der Waals surface area contributed by atoms with E-state index in [0.29, 0.717) is 21.8 Å². The lowest BCUT2D eigenvalue weighted by Crippen LogP contribution is -2.04. The van der Waals surface area contributed by atoms with Gasteiger partial charge in [-0.1, -0.05) is 29.8 Å². The van der Waals surface area contributed by atoms with E-state index in [1.807, 2.05) is 0 Å². The maximum Gasteiger partial charge on any atom is 0.216 e. The number of ketones is 1. The summed E-state index contributed by atoms with van der Waals surface area (Å²) in [5.41, 5.74) is 1.27. The van der Waals surface area contributed by atoms with Crippen LogP contribution in [-0.4, -0.2) is 18.8 Å². The molecular weight excluding hydrogens is 396 g/mol. The van der Waals surface area contributed by atoms with Gasteiger partial charge in [0.1, 0.15) is 6.07 Å². The quantitative estimate of drug-likeness (QED) is 0.465. The molecule has 0 saturated carbocycles. The van der Waals surface area contributed by atoms with E-state index >= 15 is 0 Å². The Morgan fingerprint density at radius 2 is 1.71 bits per heavy atom. The molecule has 0 spiro atoms. The van der Waals surface area contributed by atoms with Gasteiger partial charge in [0, 0.05) is 35.1 Å². The maximum absolute atomic E-state index is 12.7. The van der Waals surface area contributed by atoms with Crippen LogP contribution in [0.15, 0.2) is 76.7 Å². The Kier molecular flexibility index (Phi) is 5.50. The third kappa shape index (κ3) is 3.91. The number of sulfone groups is 1. The largest absolute Gasteiger partial charge is 0.350 e. The first-order valence-corrected chi connectivity index (χ1v) is 10.1. The number of halogens is 1. The molecule has 3 aromatic rings. The van der Waals surface area contributed by atoms with Gasteiger partial charge < -0.3 is 4.57 Å². The number of allylic oxidation sites excluding steroid dienone is 1. The molecule has 2 aromatic carbocycles. The molecule has 0 N–H and O–H groups in total. The van der Waals surface area contributed by atoms with Gasteiger partial charge in [-0.15, -0.1) is 0 Å². The molecule has 0 amide bonds. The summed E-state index contributed by atoms with van der Waals surface area (Å²) in [5, 5.41) is 9.93. The van der Waals surface area contributed by atoms with Crippen molar-refractivity contribution in [1.82, 2.24) is 4.57 Å². The maximum atomic E-state index is 12.7.